The van der Waals surface area contributed by atoms with Gasteiger partial charge < -0.3 is 20.4 Å². The highest BCUT2D eigenvalue weighted by Gasteiger charge is 2.23. The molecule has 0 saturated carbocycles. The number of anilines is 3. The minimum Gasteiger partial charge on any atom is -0.368 e. The molecule has 0 spiro atoms. The number of carbonyl (C=O) groups excluding carboxylic acids is 2. The van der Waals surface area contributed by atoms with Gasteiger partial charge in [0, 0.05) is 48.8 Å². The molecule has 3 aromatic rings. The van der Waals surface area contributed by atoms with Crippen molar-refractivity contribution in [1.82, 2.24) is 4.90 Å². The van der Waals surface area contributed by atoms with Gasteiger partial charge in [0.2, 0.25) is 0 Å². The van der Waals surface area contributed by atoms with Crippen LogP contribution in [0.1, 0.15) is 42.3 Å². The number of nitrogens with zero attached hydrogens (tertiary/aromatic N) is 2. The molecule has 4 rings (SSSR count). The van der Waals surface area contributed by atoms with Crippen LogP contribution in [0.25, 0.3) is 0 Å². The van der Waals surface area contributed by atoms with Crippen molar-refractivity contribution in [2.45, 2.75) is 33.1 Å². The second kappa shape index (κ2) is 10.2. The fourth-order valence-electron chi connectivity index (χ4n) is 4.23. The van der Waals surface area contributed by atoms with E-state index in [1.807, 2.05) is 72.5 Å². The first-order valence-corrected chi connectivity index (χ1v) is 12.1. The van der Waals surface area contributed by atoms with Crippen LogP contribution in [-0.4, -0.2) is 43.0 Å². The Hall–Kier alpha value is -3.80. The number of urea groups is 1. The zero-order valence-corrected chi connectivity index (χ0v) is 21.0. The third kappa shape index (κ3) is 6.21. The summed E-state index contributed by atoms with van der Waals surface area (Å²) in [6, 6.07) is 23.2. The summed E-state index contributed by atoms with van der Waals surface area (Å²) in [6.45, 7) is 11.4. The predicted molar refractivity (Wildman–Crippen MR) is 144 cm³/mol. The third-order valence-corrected chi connectivity index (χ3v) is 6.33. The molecule has 3 amide bonds. The molecule has 1 aliphatic rings. The van der Waals surface area contributed by atoms with Crippen LogP contribution >= 0.6 is 0 Å². The zero-order valence-electron chi connectivity index (χ0n) is 21.0. The molecular weight excluding hydrogens is 436 g/mol. The molecular formula is C29H34N4O2. The molecule has 1 saturated heterocycles. The summed E-state index contributed by atoms with van der Waals surface area (Å²) in [6.07, 6.45) is 0. The van der Waals surface area contributed by atoms with Crippen LogP contribution in [0.3, 0.4) is 0 Å². The number of amides is 3. The van der Waals surface area contributed by atoms with E-state index in [-0.39, 0.29) is 17.4 Å². The Labute approximate surface area is 207 Å². The van der Waals surface area contributed by atoms with Gasteiger partial charge in [0.05, 0.1) is 0 Å². The maximum Gasteiger partial charge on any atom is 0.323 e. The topological polar surface area (TPSA) is 64.7 Å². The van der Waals surface area contributed by atoms with Crippen LogP contribution in [0.4, 0.5) is 21.9 Å². The molecule has 2 N–H and O–H groups in total. The second-order valence-corrected chi connectivity index (χ2v) is 10.1. The van der Waals surface area contributed by atoms with Crippen LogP contribution in [0.15, 0.2) is 72.8 Å². The molecule has 0 aliphatic carbocycles. The molecule has 6 nitrogen and oxygen atoms in total. The van der Waals surface area contributed by atoms with Gasteiger partial charge in [-0.05, 0) is 72.0 Å². The fraction of sp³-hybridized carbons (Fsp3) is 0.310. The summed E-state index contributed by atoms with van der Waals surface area (Å²) in [5.74, 6) is 0.0873. The summed E-state index contributed by atoms with van der Waals surface area (Å²) >= 11 is 0. The van der Waals surface area contributed by atoms with Crippen molar-refractivity contribution in [1.29, 1.82) is 0 Å². The van der Waals surface area contributed by atoms with Crippen molar-refractivity contribution >= 4 is 29.0 Å². The van der Waals surface area contributed by atoms with Crippen molar-refractivity contribution in [3.8, 4) is 0 Å². The number of hydrogen-bond acceptors (Lipinski definition) is 3. The number of benzene rings is 3. The van der Waals surface area contributed by atoms with Gasteiger partial charge in [0.25, 0.3) is 5.91 Å². The minimum absolute atomic E-state index is 0.0725. The maximum absolute atomic E-state index is 13.0. The summed E-state index contributed by atoms with van der Waals surface area (Å²) in [5.41, 5.74) is 5.70. The van der Waals surface area contributed by atoms with E-state index in [9.17, 15) is 9.59 Å². The Kier molecular flexibility index (Phi) is 7.10. The molecule has 0 bridgehead atoms. The first-order chi connectivity index (χ1) is 16.7. The van der Waals surface area contributed by atoms with E-state index >= 15 is 0 Å². The Morgan fingerprint density at radius 1 is 0.771 bits per heavy atom. The predicted octanol–water partition coefficient (Wildman–Crippen LogP) is 5.90. The Balaban J connectivity index is 1.29. The highest BCUT2D eigenvalue weighted by Crippen LogP contribution is 2.24. The Morgan fingerprint density at radius 2 is 1.40 bits per heavy atom. The van der Waals surface area contributed by atoms with Crippen LogP contribution in [0.2, 0.25) is 0 Å². The normalized spacial score (nSPS) is 13.9. The number of rotatable bonds is 4. The summed E-state index contributed by atoms with van der Waals surface area (Å²) in [4.78, 5) is 29.4. The van der Waals surface area contributed by atoms with E-state index in [0.29, 0.717) is 13.1 Å². The van der Waals surface area contributed by atoms with Gasteiger partial charge in [0.15, 0.2) is 0 Å². The van der Waals surface area contributed by atoms with E-state index in [1.165, 1.54) is 5.56 Å². The minimum atomic E-state index is -0.272. The van der Waals surface area contributed by atoms with Crippen molar-refractivity contribution in [3.63, 3.8) is 0 Å². The largest absolute Gasteiger partial charge is 0.368 e. The van der Waals surface area contributed by atoms with Gasteiger partial charge in [-0.2, -0.15) is 0 Å². The first kappa shape index (κ1) is 24.3. The molecule has 0 aromatic heterocycles. The highest BCUT2D eigenvalue weighted by molar-refractivity contribution is 5.99. The van der Waals surface area contributed by atoms with Crippen molar-refractivity contribution in [3.05, 3.63) is 89.5 Å². The molecule has 182 valence electrons. The molecule has 0 atom stereocenters. The van der Waals surface area contributed by atoms with Crippen LogP contribution in [0.5, 0.6) is 0 Å². The number of nitrogens with one attached hydrogen (secondary N) is 2. The maximum atomic E-state index is 13.0. The summed E-state index contributed by atoms with van der Waals surface area (Å²) < 4.78 is 0. The summed E-state index contributed by atoms with van der Waals surface area (Å²) in [7, 11) is 0. The standard InChI is InChI=1S/C29H34N4O2/c1-21-6-5-7-25(20-21)31-28(35)30-24-12-14-26(15-13-24)32-16-18-33(19-17-32)27(34)22-8-10-23(11-9-22)29(2,3)4/h5-15,20H,16-19H2,1-4H3,(H2,30,31,35). The van der Waals surface area contributed by atoms with Gasteiger partial charge in [-0.15, -0.1) is 0 Å². The summed E-state index contributed by atoms with van der Waals surface area (Å²) in [5, 5.41) is 5.72. The van der Waals surface area contributed by atoms with Crippen LogP contribution < -0.4 is 15.5 Å². The fourth-order valence-corrected chi connectivity index (χ4v) is 4.23. The SMILES string of the molecule is Cc1cccc(NC(=O)Nc2ccc(N3CCN(C(=O)c4ccc(C(C)(C)C)cc4)CC3)cc2)c1. The van der Waals surface area contributed by atoms with Crippen molar-refractivity contribution in [2.24, 2.45) is 0 Å². The van der Waals surface area contributed by atoms with Crippen molar-refractivity contribution in [2.75, 3.05) is 41.7 Å². The Bertz CT molecular complexity index is 1170. The zero-order chi connectivity index (χ0) is 25.0. The van der Waals surface area contributed by atoms with E-state index in [1.54, 1.807) is 0 Å². The number of hydrogen-bond donors (Lipinski definition) is 2. The van der Waals surface area contributed by atoms with E-state index in [0.717, 1.165) is 41.3 Å². The molecule has 35 heavy (non-hydrogen) atoms. The van der Waals surface area contributed by atoms with Gasteiger partial charge in [-0.3, -0.25) is 4.79 Å². The number of aryl methyl sites for hydroxylation is 1. The third-order valence-electron chi connectivity index (χ3n) is 6.33. The van der Waals surface area contributed by atoms with Crippen LogP contribution in [0, 0.1) is 6.92 Å². The second-order valence-electron chi connectivity index (χ2n) is 10.1. The molecule has 1 fully saturated rings. The smallest absolute Gasteiger partial charge is 0.323 e. The molecule has 1 aliphatic heterocycles. The molecule has 1 heterocycles. The number of carbonyl (C=O) groups is 2. The van der Waals surface area contributed by atoms with Crippen molar-refractivity contribution < 1.29 is 9.59 Å². The first-order valence-electron chi connectivity index (χ1n) is 12.1. The van der Waals surface area contributed by atoms with Gasteiger partial charge >= 0.3 is 6.03 Å². The molecule has 0 radical (unpaired) electrons. The van der Waals surface area contributed by atoms with Gasteiger partial charge in [0.1, 0.15) is 0 Å². The highest BCUT2D eigenvalue weighted by atomic mass is 16.2. The van der Waals surface area contributed by atoms with Gasteiger partial charge in [-0.1, -0.05) is 45.0 Å². The van der Waals surface area contributed by atoms with Crippen LogP contribution in [-0.2, 0) is 5.41 Å². The quantitative estimate of drug-likeness (QED) is 0.499. The molecule has 3 aromatic carbocycles. The monoisotopic (exact) mass is 470 g/mol. The number of piperazine rings is 1. The lowest BCUT2D eigenvalue weighted by molar-refractivity contribution is 0.0746. The van der Waals surface area contributed by atoms with E-state index in [4.69, 9.17) is 0 Å². The average Bonchev–Trinajstić information content (AvgIpc) is 2.84. The van der Waals surface area contributed by atoms with E-state index < -0.39 is 0 Å². The molecule has 0 unspecified atom stereocenters. The Morgan fingerprint density at radius 3 is 2.00 bits per heavy atom. The lowest BCUT2D eigenvalue weighted by Gasteiger charge is -2.36. The lowest BCUT2D eigenvalue weighted by atomic mass is 9.86. The molecule has 6 heteroatoms. The average molecular weight is 471 g/mol. The van der Waals surface area contributed by atoms with E-state index in [2.05, 4.69) is 48.4 Å². The van der Waals surface area contributed by atoms with Gasteiger partial charge in [-0.25, -0.2) is 4.79 Å². The lowest BCUT2D eigenvalue weighted by Crippen LogP contribution is -2.48.